The van der Waals surface area contributed by atoms with E-state index in [0.29, 0.717) is 0 Å². The standard InChI is InChI=1S/C15H25O2P/c1-12-9-8-10-13(11-12)18(16-14(2,3)4)17-15(5,6)7/h8-11H,1-7H3. The van der Waals surface area contributed by atoms with Crippen molar-refractivity contribution in [3.63, 3.8) is 0 Å². The molecule has 0 aliphatic carbocycles. The van der Waals surface area contributed by atoms with Crippen LogP contribution in [-0.4, -0.2) is 11.2 Å². The lowest BCUT2D eigenvalue weighted by atomic mass is 10.2. The second-order valence-corrected chi connectivity index (χ2v) is 7.90. The minimum absolute atomic E-state index is 0.208. The van der Waals surface area contributed by atoms with E-state index in [1.807, 2.05) is 0 Å². The molecule has 102 valence electrons. The van der Waals surface area contributed by atoms with Gasteiger partial charge in [0.2, 0.25) is 8.38 Å². The predicted octanol–water partition coefficient (Wildman–Crippen LogP) is 4.56. The van der Waals surface area contributed by atoms with Gasteiger partial charge in [0.1, 0.15) is 0 Å². The van der Waals surface area contributed by atoms with Crippen LogP contribution in [0.25, 0.3) is 0 Å². The first kappa shape index (κ1) is 15.6. The zero-order chi connectivity index (χ0) is 14.0. The Morgan fingerprint density at radius 1 is 0.889 bits per heavy atom. The second kappa shape index (κ2) is 5.69. The van der Waals surface area contributed by atoms with Crippen molar-refractivity contribution in [2.75, 3.05) is 0 Å². The maximum atomic E-state index is 6.10. The molecule has 0 unspecified atom stereocenters. The summed E-state index contributed by atoms with van der Waals surface area (Å²) in [6, 6.07) is 8.36. The Bertz CT molecular complexity index is 372. The Kier molecular flexibility index (Phi) is 4.94. The minimum Gasteiger partial charge on any atom is -0.325 e. The summed E-state index contributed by atoms with van der Waals surface area (Å²) in [5.41, 5.74) is 0.816. The first-order chi connectivity index (χ1) is 8.07. The van der Waals surface area contributed by atoms with E-state index < -0.39 is 8.38 Å². The monoisotopic (exact) mass is 268 g/mol. The molecule has 3 heteroatoms. The van der Waals surface area contributed by atoms with E-state index in [1.165, 1.54) is 5.56 Å². The summed E-state index contributed by atoms with van der Waals surface area (Å²) in [6.07, 6.45) is 0. The molecule has 0 spiro atoms. The molecule has 0 saturated carbocycles. The number of aryl methyl sites for hydroxylation is 1. The molecule has 0 fully saturated rings. The molecule has 0 aromatic heterocycles. The Morgan fingerprint density at radius 3 is 1.78 bits per heavy atom. The maximum Gasteiger partial charge on any atom is 0.206 e. The van der Waals surface area contributed by atoms with Crippen molar-refractivity contribution >= 4 is 13.7 Å². The van der Waals surface area contributed by atoms with Crippen LogP contribution in [0.15, 0.2) is 24.3 Å². The van der Waals surface area contributed by atoms with Crippen molar-refractivity contribution < 1.29 is 9.05 Å². The Morgan fingerprint density at radius 2 is 1.39 bits per heavy atom. The van der Waals surface area contributed by atoms with Gasteiger partial charge in [0.25, 0.3) is 0 Å². The first-order valence-corrected chi connectivity index (χ1v) is 7.50. The third kappa shape index (κ3) is 5.95. The third-order valence-corrected chi connectivity index (χ3v) is 4.05. The highest BCUT2D eigenvalue weighted by Gasteiger charge is 2.27. The molecule has 0 bridgehead atoms. The average molecular weight is 268 g/mol. The molecular weight excluding hydrogens is 243 g/mol. The van der Waals surface area contributed by atoms with Crippen molar-refractivity contribution in [2.45, 2.75) is 59.7 Å². The molecule has 18 heavy (non-hydrogen) atoms. The quantitative estimate of drug-likeness (QED) is 0.748. The van der Waals surface area contributed by atoms with Gasteiger partial charge in [-0.05, 0) is 60.6 Å². The molecule has 0 saturated heterocycles. The summed E-state index contributed by atoms with van der Waals surface area (Å²) in [4.78, 5) is 0. The summed E-state index contributed by atoms with van der Waals surface area (Å²) in [7, 11) is -1.05. The average Bonchev–Trinajstić information content (AvgIpc) is 2.12. The van der Waals surface area contributed by atoms with Crippen LogP contribution in [0.4, 0.5) is 0 Å². The lowest BCUT2D eigenvalue weighted by Crippen LogP contribution is -2.25. The predicted molar refractivity (Wildman–Crippen MR) is 79.4 cm³/mol. The van der Waals surface area contributed by atoms with Crippen LogP contribution in [0.2, 0.25) is 0 Å². The molecular formula is C15H25O2P. The summed E-state index contributed by atoms with van der Waals surface area (Å²) >= 11 is 0. The zero-order valence-electron chi connectivity index (χ0n) is 12.6. The molecule has 1 rings (SSSR count). The van der Waals surface area contributed by atoms with Gasteiger partial charge in [-0.3, -0.25) is 0 Å². The highest BCUT2D eigenvalue weighted by molar-refractivity contribution is 7.56. The highest BCUT2D eigenvalue weighted by atomic mass is 31.2. The first-order valence-electron chi connectivity index (χ1n) is 6.32. The van der Waals surface area contributed by atoms with E-state index >= 15 is 0 Å². The molecule has 1 aromatic carbocycles. The van der Waals surface area contributed by atoms with E-state index in [4.69, 9.17) is 9.05 Å². The van der Waals surface area contributed by atoms with Crippen LogP contribution >= 0.6 is 8.38 Å². The van der Waals surface area contributed by atoms with E-state index in [0.717, 1.165) is 5.30 Å². The third-order valence-electron chi connectivity index (χ3n) is 1.93. The van der Waals surface area contributed by atoms with Gasteiger partial charge in [-0.15, -0.1) is 0 Å². The molecule has 0 amide bonds. The summed E-state index contributed by atoms with van der Waals surface area (Å²) in [6.45, 7) is 14.4. The van der Waals surface area contributed by atoms with E-state index in [-0.39, 0.29) is 11.2 Å². The number of benzene rings is 1. The van der Waals surface area contributed by atoms with Crippen LogP contribution in [0.5, 0.6) is 0 Å². The number of hydrogen-bond donors (Lipinski definition) is 0. The van der Waals surface area contributed by atoms with Gasteiger partial charge in [-0.25, -0.2) is 0 Å². The van der Waals surface area contributed by atoms with Crippen LogP contribution < -0.4 is 5.30 Å². The molecule has 0 radical (unpaired) electrons. The maximum absolute atomic E-state index is 6.10. The zero-order valence-corrected chi connectivity index (χ0v) is 13.5. The second-order valence-electron chi connectivity index (χ2n) is 6.50. The van der Waals surface area contributed by atoms with Gasteiger partial charge in [0, 0.05) is 5.30 Å². The number of hydrogen-bond acceptors (Lipinski definition) is 2. The van der Waals surface area contributed by atoms with E-state index in [2.05, 4.69) is 72.7 Å². The summed E-state index contributed by atoms with van der Waals surface area (Å²) in [5, 5.41) is 1.13. The van der Waals surface area contributed by atoms with Crippen molar-refractivity contribution in [1.82, 2.24) is 0 Å². The summed E-state index contributed by atoms with van der Waals surface area (Å²) in [5.74, 6) is 0. The molecule has 0 heterocycles. The fraction of sp³-hybridized carbons (Fsp3) is 0.600. The summed E-state index contributed by atoms with van der Waals surface area (Å²) < 4.78 is 12.2. The normalized spacial score (nSPS) is 13.1. The van der Waals surface area contributed by atoms with Crippen molar-refractivity contribution in [3.8, 4) is 0 Å². The molecule has 0 N–H and O–H groups in total. The van der Waals surface area contributed by atoms with Gasteiger partial charge in [-0.1, -0.05) is 17.7 Å². The molecule has 1 aromatic rings. The Labute approximate surface area is 113 Å². The van der Waals surface area contributed by atoms with Gasteiger partial charge in [0.05, 0.1) is 11.2 Å². The van der Waals surface area contributed by atoms with Gasteiger partial charge in [0.15, 0.2) is 0 Å². The van der Waals surface area contributed by atoms with Crippen molar-refractivity contribution in [2.24, 2.45) is 0 Å². The largest absolute Gasteiger partial charge is 0.325 e. The van der Waals surface area contributed by atoms with Crippen LogP contribution in [-0.2, 0) is 9.05 Å². The van der Waals surface area contributed by atoms with Crippen molar-refractivity contribution in [1.29, 1.82) is 0 Å². The smallest absolute Gasteiger partial charge is 0.206 e. The lowest BCUT2D eigenvalue weighted by Gasteiger charge is -2.31. The van der Waals surface area contributed by atoms with E-state index in [9.17, 15) is 0 Å². The Balaban J connectivity index is 2.97. The molecule has 0 atom stereocenters. The van der Waals surface area contributed by atoms with Gasteiger partial charge in [-0.2, -0.15) is 0 Å². The van der Waals surface area contributed by atoms with Gasteiger partial charge >= 0.3 is 0 Å². The van der Waals surface area contributed by atoms with Crippen LogP contribution in [0.1, 0.15) is 47.1 Å². The SMILES string of the molecule is Cc1cccc(P(OC(C)(C)C)OC(C)(C)C)c1. The fourth-order valence-electron chi connectivity index (χ4n) is 1.36. The minimum atomic E-state index is -1.05. The molecule has 0 aliphatic rings. The van der Waals surface area contributed by atoms with Crippen LogP contribution in [0, 0.1) is 6.92 Å². The van der Waals surface area contributed by atoms with Crippen LogP contribution in [0.3, 0.4) is 0 Å². The topological polar surface area (TPSA) is 18.5 Å². The molecule has 0 aliphatic heterocycles. The number of rotatable bonds is 3. The van der Waals surface area contributed by atoms with Crippen molar-refractivity contribution in [3.05, 3.63) is 29.8 Å². The molecule has 2 nitrogen and oxygen atoms in total. The van der Waals surface area contributed by atoms with E-state index in [1.54, 1.807) is 0 Å². The lowest BCUT2D eigenvalue weighted by molar-refractivity contribution is 0.0777. The fourth-order valence-corrected chi connectivity index (χ4v) is 3.12. The Hall–Kier alpha value is -0.430. The highest BCUT2D eigenvalue weighted by Crippen LogP contribution is 2.45. The van der Waals surface area contributed by atoms with Gasteiger partial charge < -0.3 is 9.05 Å².